The highest BCUT2D eigenvalue weighted by molar-refractivity contribution is 5.92. The zero-order valence-corrected chi connectivity index (χ0v) is 12.2. The van der Waals surface area contributed by atoms with Crippen LogP contribution in [0, 0.1) is 5.92 Å². The van der Waals surface area contributed by atoms with Crippen molar-refractivity contribution in [1.82, 2.24) is 9.88 Å². The van der Waals surface area contributed by atoms with Crippen LogP contribution in [-0.2, 0) is 0 Å². The lowest BCUT2D eigenvalue weighted by atomic mass is 9.98. The lowest BCUT2D eigenvalue weighted by Gasteiger charge is -2.20. The number of nitrogens with two attached hydrogens (primary N) is 1. The maximum Gasteiger partial charge on any atom is 0.272 e. The van der Waals surface area contributed by atoms with Gasteiger partial charge >= 0.3 is 0 Å². The Kier molecular flexibility index (Phi) is 6.09. The zero-order chi connectivity index (χ0) is 13.0. The standard InChI is InChI=1S/C14H21N3O.ClH/c1-2-11-5-4-9-17(10-8-11)14(18)12-6-3-7-13(15)16-12;/h3,6-7,11H,2,4-5,8-10H2,1H3,(H2,15,16);1H. The normalized spacial score (nSPS) is 19.4. The second kappa shape index (κ2) is 7.34. The third-order valence-electron chi connectivity index (χ3n) is 3.70. The first kappa shape index (κ1) is 15.8. The van der Waals surface area contributed by atoms with Crippen LogP contribution < -0.4 is 5.73 Å². The first-order chi connectivity index (χ1) is 8.70. The Morgan fingerprint density at radius 1 is 1.42 bits per heavy atom. The molecule has 1 atom stereocenters. The van der Waals surface area contributed by atoms with E-state index >= 15 is 0 Å². The molecule has 106 valence electrons. The molecule has 1 saturated heterocycles. The van der Waals surface area contributed by atoms with Gasteiger partial charge < -0.3 is 10.6 Å². The average molecular weight is 284 g/mol. The number of amides is 1. The Bertz CT molecular complexity index is 425. The van der Waals surface area contributed by atoms with Gasteiger partial charge in [-0.3, -0.25) is 4.79 Å². The molecule has 2 N–H and O–H groups in total. The molecule has 1 aromatic heterocycles. The van der Waals surface area contributed by atoms with E-state index in [-0.39, 0.29) is 18.3 Å². The van der Waals surface area contributed by atoms with Crippen molar-refractivity contribution in [3.05, 3.63) is 23.9 Å². The van der Waals surface area contributed by atoms with Crippen LogP contribution in [0.4, 0.5) is 5.82 Å². The summed E-state index contributed by atoms with van der Waals surface area (Å²) in [6.07, 6.45) is 4.63. The van der Waals surface area contributed by atoms with Gasteiger partial charge in [-0.2, -0.15) is 0 Å². The van der Waals surface area contributed by atoms with Gasteiger partial charge in [0.25, 0.3) is 5.91 Å². The second-order valence-corrected chi connectivity index (χ2v) is 4.95. The van der Waals surface area contributed by atoms with Crippen LogP contribution in [0.1, 0.15) is 43.1 Å². The highest BCUT2D eigenvalue weighted by atomic mass is 35.5. The molecule has 19 heavy (non-hydrogen) atoms. The number of nitrogens with zero attached hydrogens (tertiary/aromatic N) is 2. The van der Waals surface area contributed by atoms with Gasteiger partial charge in [-0.05, 0) is 37.3 Å². The number of nitrogen functional groups attached to an aromatic ring is 1. The number of carbonyl (C=O) groups is 1. The smallest absolute Gasteiger partial charge is 0.272 e. The predicted octanol–water partition coefficient (Wildman–Crippen LogP) is 2.74. The molecule has 1 aliphatic rings. The van der Waals surface area contributed by atoms with E-state index in [2.05, 4.69) is 11.9 Å². The van der Waals surface area contributed by atoms with Gasteiger partial charge in [0.15, 0.2) is 0 Å². The van der Waals surface area contributed by atoms with Crippen LogP contribution in [0.25, 0.3) is 0 Å². The third kappa shape index (κ3) is 4.10. The van der Waals surface area contributed by atoms with Crippen LogP contribution in [0.5, 0.6) is 0 Å². The molecule has 5 heteroatoms. The molecule has 1 unspecified atom stereocenters. The number of hydrogen-bond donors (Lipinski definition) is 1. The van der Waals surface area contributed by atoms with Gasteiger partial charge in [0.1, 0.15) is 11.5 Å². The molecule has 0 saturated carbocycles. The lowest BCUT2D eigenvalue weighted by molar-refractivity contribution is 0.0754. The summed E-state index contributed by atoms with van der Waals surface area (Å²) in [5.41, 5.74) is 6.08. The number of anilines is 1. The quantitative estimate of drug-likeness (QED) is 0.908. The molecule has 2 rings (SSSR count). The minimum Gasteiger partial charge on any atom is -0.384 e. The fourth-order valence-electron chi connectivity index (χ4n) is 2.51. The van der Waals surface area contributed by atoms with E-state index in [9.17, 15) is 4.79 Å². The van der Waals surface area contributed by atoms with Crippen molar-refractivity contribution in [2.45, 2.75) is 32.6 Å². The molecule has 0 aromatic carbocycles. The maximum atomic E-state index is 12.3. The summed E-state index contributed by atoms with van der Waals surface area (Å²) >= 11 is 0. The van der Waals surface area contributed by atoms with Crippen molar-refractivity contribution >= 4 is 24.1 Å². The van der Waals surface area contributed by atoms with Gasteiger partial charge in [-0.25, -0.2) is 4.98 Å². The number of pyridine rings is 1. The monoisotopic (exact) mass is 283 g/mol. The van der Waals surface area contributed by atoms with Gasteiger partial charge in [-0.1, -0.05) is 19.4 Å². The summed E-state index contributed by atoms with van der Waals surface area (Å²) in [4.78, 5) is 18.3. The van der Waals surface area contributed by atoms with Crippen LogP contribution in [0.3, 0.4) is 0 Å². The number of likely N-dealkylation sites (tertiary alicyclic amines) is 1. The van der Waals surface area contributed by atoms with E-state index in [0.717, 1.165) is 31.8 Å². The molecular weight excluding hydrogens is 262 g/mol. The van der Waals surface area contributed by atoms with Gasteiger partial charge in [0.05, 0.1) is 0 Å². The summed E-state index contributed by atoms with van der Waals surface area (Å²) in [5.74, 6) is 1.18. The maximum absolute atomic E-state index is 12.3. The van der Waals surface area contributed by atoms with Gasteiger partial charge in [0.2, 0.25) is 0 Å². The van der Waals surface area contributed by atoms with E-state index in [1.165, 1.54) is 12.8 Å². The Morgan fingerprint density at radius 2 is 2.21 bits per heavy atom. The fraction of sp³-hybridized carbons (Fsp3) is 0.571. The van der Waals surface area contributed by atoms with E-state index in [0.29, 0.717) is 11.5 Å². The second-order valence-electron chi connectivity index (χ2n) is 4.95. The van der Waals surface area contributed by atoms with Crippen molar-refractivity contribution in [3.8, 4) is 0 Å². The van der Waals surface area contributed by atoms with Crippen LogP contribution >= 0.6 is 12.4 Å². The van der Waals surface area contributed by atoms with Gasteiger partial charge in [-0.15, -0.1) is 12.4 Å². The minimum absolute atomic E-state index is 0. The van der Waals surface area contributed by atoms with Crippen molar-refractivity contribution in [2.75, 3.05) is 18.8 Å². The topological polar surface area (TPSA) is 59.2 Å². The first-order valence-corrected chi connectivity index (χ1v) is 6.72. The third-order valence-corrected chi connectivity index (χ3v) is 3.70. The summed E-state index contributed by atoms with van der Waals surface area (Å²) < 4.78 is 0. The number of hydrogen-bond acceptors (Lipinski definition) is 3. The molecular formula is C14H22ClN3O. The first-order valence-electron chi connectivity index (χ1n) is 6.72. The molecule has 1 amide bonds. The summed E-state index contributed by atoms with van der Waals surface area (Å²) in [5, 5.41) is 0. The highest BCUT2D eigenvalue weighted by Gasteiger charge is 2.21. The van der Waals surface area contributed by atoms with E-state index < -0.39 is 0 Å². The molecule has 1 aliphatic heterocycles. The number of carbonyl (C=O) groups excluding carboxylic acids is 1. The van der Waals surface area contributed by atoms with Crippen LogP contribution in [-0.4, -0.2) is 28.9 Å². The van der Waals surface area contributed by atoms with Crippen molar-refractivity contribution in [3.63, 3.8) is 0 Å². The Labute approximate surface area is 120 Å². The Morgan fingerprint density at radius 3 is 2.89 bits per heavy atom. The summed E-state index contributed by atoms with van der Waals surface area (Å²) in [6.45, 7) is 3.90. The number of aromatic nitrogens is 1. The van der Waals surface area contributed by atoms with Crippen molar-refractivity contribution in [1.29, 1.82) is 0 Å². The molecule has 4 nitrogen and oxygen atoms in total. The molecule has 0 aliphatic carbocycles. The van der Waals surface area contributed by atoms with Gasteiger partial charge in [0, 0.05) is 13.1 Å². The van der Waals surface area contributed by atoms with Crippen LogP contribution in [0.2, 0.25) is 0 Å². The largest absolute Gasteiger partial charge is 0.384 e. The van der Waals surface area contributed by atoms with E-state index in [1.54, 1.807) is 18.2 Å². The Balaban J connectivity index is 0.00000180. The summed E-state index contributed by atoms with van der Waals surface area (Å²) in [6, 6.07) is 5.22. The molecule has 1 fully saturated rings. The SMILES string of the molecule is CCC1CCCN(C(=O)c2cccc(N)n2)CC1.Cl. The number of halogens is 1. The van der Waals surface area contributed by atoms with E-state index in [1.807, 2.05) is 4.90 Å². The predicted molar refractivity (Wildman–Crippen MR) is 79.4 cm³/mol. The van der Waals surface area contributed by atoms with Crippen molar-refractivity contribution in [2.24, 2.45) is 5.92 Å². The molecule has 0 bridgehead atoms. The molecule has 0 radical (unpaired) electrons. The molecule has 1 aromatic rings. The fourth-order valence-corrected chi connectivity index (χ4v) is 2.51. The molecule has 2 heterocycles. The lowest BCUT2D eigenvalue weighted by Crippen LogP contribution is -2.32. The highest BCUT2D eigenvalue weighted by Crippen LogP contribution is 2.21. The van der Waals surface area contributed by atoms with Crippen LogP contribution in [0.15, 0.2) is 18.2 Å². The number of rotatable bonds is 2. The Hall–Kier alpha value is -1.29. The zero-order valence-electron chi connectivity index (χ0n) is 11.3. The minimum atomic E-state index is 0. The average Bonchev–Trinajstić information content (AvgIpc) is 2.63. The summed E-state index contributed by atoms with van der Waals surface area (Å²) in [7, 11) is 0. The molecule has 0 spiro atoms. The van der Waals surface area contributed by atoms with E-state index in [4.69, 9.17) is 5.73 Å². The van der Waals surface area contributed by atoms with Crippen molar-refractivity contribution < 1.29 is 4.79 Å².